The van der Waals surface area contributed by atoms with Gasteiger partial charge >= 0.3 is 11.5 Å². The Morgan fingerprint density at radius 3 is 2.76 bits per heavy atom. The van der Waals surface area contributed by atoms with Crippen molar-refractivity contribution in [1.29, 1.82) is 0 Å². The molecular weight excluding hydrogens is 273 g/mol. The topological polar surface area (TPSA) is 26.3 Å². The Kier molecular flexibility index (Phi) is 5.07. The number of thioether (sulfide) groups is 1. The van der Waals surface area contributed by atoms with E-state index in [1.165, 1.54) is 17.4 Å². The molecule has 1 aromatic heterocycles. The highest BCUT2D eigenvalue weighted by Gasteiger charge is 2.29. The maximum Gasteiger partial charge on any atom is 0.442 e. The Bertz CT molecular complexity index is 396. The Labute approximate surface area is 104 Å². The van der Waals surface area contributed by atoms with Gasteiger partial charge in [0.15, 0.2) is 0 Å². The number of carbonyl (C=O) groups excluding carboxylic acids is 1. The van der Waals surface area contributed by atoms with Crippen molar-refractivity contribution in [1.82, 2.24) is 0 Å². The van der Waals surface area contributed by atoms with Gasteiger partial charge in [-0.3, -0.25) is 0 Å². The highest BCUT2D eigenvalue weighted by molar-refractivity contribution is 8.00. The lowest BCUT2D eigenvalue weighted by atomic mass is 10.2. The van der Waals surface area contributed by atoms with Crippen LogP contribution >= 0.6 is 23.1 Å². The van der Waals surface area contributed by atoms with E-state index in [9.17, 15) is 18.0 Å². The van der Waals surface area contributed by atoms with Crippen LogP contribution in [0.3, 0.4) is 0 Å². The molecule has 2 nitrogen and oxygen atoms in total. The van der Waals surface area contributed by atoms with Gasteiger partial charge in [-0.1, -0.05) is 6.07 Å². The molecule has 1 heterocycles. The van der Waals surface area contributed by atoms with Crippen molar-refractivity contribution < 1.29 is 22.7 Å². The van der Waals surface area contributed by atoms with Crippen molar-refractivity contribution in [3.63, 3.8) is 0 Å². The van der Waals surface area contributed by atoms with Crippen LogP contribution in [0, 0.1) is 0 Å². The molecule has 0 atom stereocenters. The summed E-state index contributed by atoms with van der Waals surface area (Å²) in [5.41, 5.74) is -4.36. The number of hydrogen-bond donors (Lipinski definition) is 0. The van der Waals surface area contributed by atoms with Gasteiger partial charge in [0.1, 0.15) is 0 Å². The summed E-state index contributed by atoms with van der Waals surface area (Å²) < 4.78 is 40.6. The molecule has 0 saturated carbocycles. The predicted molar refractivity (Wildman–Crippen MR) is 62.8 cm³/mol. The fourth-order valence-electron chi connectivity index (χ4n) is 0.995. The van der Waals surface area contributed by atoms with Crippen LogP contribution in [0.1, 0.15) is 4.88 Å². The average molecular weight is 282 g/mol. The molecule has 0 fully saturated rings. The summed E-state index contributed by atoms with van der Waals surface area (Å²) in [7, 11) is 1.14. The first kappa shape index (κ1) is 14.1. The lowest BCUT2D eigenvalue weighted by Gasteiger charge is -2.07. The predicted octanol–water partition coefficient (Wildman–Crippen LogP) is 3.56. The molecule has 1 aromatic rings. The monoisotopic (exact) mass is 282 g/mol. The van der Waals surface area contributed by atoms with Crippen LogP contribution < -0.4 is 0 Å². The highest BCUT2D eigenvalue weighted by Crippen LogP contribution is 2.32. The summed E-state index contributed by atoms with van der Waals surface area (Å²) in [6, 6.07) is 3.47. The number of hydrogen-bond acceptors (Lipinski definition) is 4. The van der Waals surface area contributed by atoms with Gasteiger partial charge in [-0.2, -0.15) is 13.2 Å². The van der Waals surface area contributed by atoms with Crippen molar-refractivity contribution >= 4 is 35.1 Å². The number of rotatable bonds is 4. The van der Waals surface area contributed by atoms with Crippen molar-refractivity contribution in [2.75, 3.05) is 12.9 Å². The molecule has 0 amide bonds. The summed E-state index contributed by atoms with van der Waals surface area (Å²) >= 11 is 1.08. The van der Waals surface area contributed by atoms with Crippen LogP contribution in [0.2, 0.25) is 0 Å². The second-order valence-corrected chi connectivity index (χ2v) is 4.93. The molecule has 7 heteroatoms. The van der Waals surface area contributed by atoms with Gasteiger partial charge in [0.05, 0.1) is 7.11 Å². The largest absolute Gasteiger partial charge is 0.466 e. The standard InChI is InChI=1S/C10H9F3O2S2/c1-15-9(14)7(6-17-10(11,12)13)5-8-3-2-4-16-8/h2-5H,6H2,1H3/b7-5+. The van der Waals surface area contributed by atoms with Gasteiger partial charge < -0.3 is 4.74 Å². The molecule has 0 saturated heterocycles. The first-order valence-corrected chi connectivity index (χ1v) is 6.32. The van der Waals surface area contributed by atoms with Gasteiger partial charge in [-0.25, -0.2) is 4.79 Å². The van der Waals surface area contributed by atoms with E-state index < -0.39 is 17.2 Å². The molecule has 0 aliphatic carbocycles. The smallest absolute Gasteiger partial charge is 0.442 e. The van der Waals surface area contributed by atoms with Crippen LogP contribution in [0.25, 0.3) is 6.08 Å². The quantitative estimate of drug-likeness (QED) is 0.624. The number of alkyl halides is 3. The first-order valence-electron chi connectivity index (χ1n) is 4.45. The van der Waals surface area contributed by atoms with Crippen molar-refractivity contribution in [3.05, 3.63) is 28.0 Å². The SMILES string of the molecule is COC(=O)/C(=C/c1cccs1)CSC(F)(F)F. The van der Waals surface area contributed by atoms with E-state index in [0.29, 0.717) is 4.88 Å². The number of methoxy groups -OCH3 is 1. The fourth-order valence-corrected chi connectivity index (χ4v) is 2.20. The molecular formula is C10H9F3O2S2. The van der Waals surface area contributed by atoms with Gasteiger partial charge in [-0.15, -0.1) is 11.3 Å². The maximum atomic E-state index is 12.0. The van der Waals surface area contributed by atoms with Gasteiger partial charge in [0, 0.05) is 16.2 Å². The van der Waals surface area contributed by atoms with E-state index >= 15 is 0 Å². The van der Waals surface area contributed by atoms with Gasteiger partial charge in [0.2, 0.25) is 0 Å². The molecule has 0 aliphatic heterocycles. The van der Waals surface area contributed by atoms with Crippen molar-refractivity contribution in [2.24, 2.45) is 0 Å². The molecule has 0 N–H and O–H groups in total. The third-order valence-electron chi connectivity index (χ3n) is 1.70. The summed E-state index contributed by atoms with van der Waals surface area (Å²) in [4.78, 5) is 12.0. The normalized spacial score (nSPS) is 12.6. The van der Waals surface area contributed by atoms with E-state index in [1.807, 2.05) is 0 Å². The average Bonchev–Trinajstić information content (AvgIpc) is 2.74. The lowest BCUT2D eigenvalue weighted by Crippen LogP contribution is -2.10. The van der Waals surface area contributed by atoms with E-state index in [-0.39, 0.29) is 17.3 Å². The Morgan fingerprint density at radius 1 is 1.59 bits per heavy atom. The third-order valence-corrected chi connectivity index (χ3v) is 3.30. The summed E-state index contributed by atoms with van der Waals surface area (Å²) in [6.45, 7) is 0. The van der Waals surface area contributed by atoms with E-state index in [0.717, 1.165) is 7.11 Å². The van der Waals surface area contributed by atoms with Crippen LogP contribution in [0.15, 0.2) is 23.1 Å². The zero-order valence-corrected chi connectivity index (χ0v) is 10.4. The molecule has 1 rings (SSSR count). The summed E-state index contributed by atoms with van der Waals surface area (Å²) in [5, 5.41) is 1.78. The van der Waals surface area contributed by atoms with E-state index in [4.69, 9.17) is 0 Å². The van der Waals surface area contributed by atoms with E-state index in [2.05, 4.69) is 4.74 Å². The van der Waals surface area contributed by atoms with Crippen molar-refractivity contribution in [2.45, 2.75) is 5.51 Å². The molecule has 0 unspecified atom stereocenters. The lowest BCUT2D eigenvalue weighted by molar-refractivity contribution is -0.135. The Morgan fingerprint density at radius 2 is 2.29 bits per heavy atom. The number of halogens is 3. The second-order valence-electron chi connectivity index (χ2n) is 2.91. The zero-order chi connectivity index (χ0) is 12.9. The van der Waals surface area contributed by atoms with Crippen LogP contribution in [-0.2, 0) is 9.53 Å². The minimum absolute atomic E-state index is 0.00252. The summed E-state index contributed by atoms with van der Waals surface area (Å²) in [6.07, 6.45) is 1.41. The highest BCUT2D eigenvalue weighted by atomic mass is 32.2. The van der Waals surface area contributed by atoms with Crippen LogP contribution in [0.4, 0.5) is 13.2 Å². The summed E-state index contributed by atoms with van der Waals surface area (Å²) in [5.74, 6) is -1.19. The number of ether oxygens (including phenoxy) is 1. The van der Waals surface area contributed by atoms with Gasteiger partial charge in [0.25, 0.3) is 0 Å². The minimum atomic E-state index is -4.36. The fraction of sp³-hybridized carbons (Fsp3) is 0.300. The molecule has 17 heavy (non-hydrogen) atoms. The van der Waals surface area contributed by atoms with Crippen molar-refractivity contribution in [3.8, 4) is 0 Å². The minimum Gasteiger partial charge on any atom is -0.466 e. The maximum absolute atomic E-state index is 12.0. The first-order chi connectivity index (χ1) is 7.92. The molecule has 0 aliphatic rings. The molecule has 0 bridgehead atoms. The number of esters is 1. The third kappa shape index (κ3) is 5.27. The number of carbonyl (C=O) groups is 1. The molecule has 0 radical (unpaired) electrons. The van der Waals surface area contributed by atoms with E-state index in [1.54, 1.807) is 17.5 Å². The van der Waals surface area contributed by atoms with Gasteiger partial charge in [-0.05, 0) is 29.3 Å². The Balaban J connectivity index is 2.78. The second kappa shape index (κ2) is 6.11. The molecule has 94 valence electrons. The van der Waals surface area contributed by atoms with Crippen LogP contribution in [0.5, 0.6) is 0 Å². The Hall–Kier alpha value is -0.950. The zero-order valence-electron chi connectivity index (χ0n) is 8.78. The molecule has 0 aromatic carbocycles. The van der Waals surface area contributed by atoms with Crippen LogP contribution in [-0.4, -0.2) is 24.3 Å². The number of thiophene rings is 1. The molecule has 0 spiro atoms.